The summed E-state index contributed by atoms with van der Waals surface area (Å²) in [7, 11) is 2.12. The highest BCUT2D eigenvalue weighted by Crippen LogP contribution is 2.41. The number of thioether (sulfide) groups is 1. The lowest BCUT2D eigenvalue weighted by Crippen LogP contribution is -2.27. The van der Waals surface area contributed by atoms with E-state index in [1.165, 1.54) is 44.3 Å². The molecule has 1 heterocycles. The van der Waals surface area contributed by atoms with Crippen molar-refractivity contribution >= 4 is 11.8 Å². The molecule has 1 unspecified atom stereocenters. The smallest absolute Gasteiger partial charge is 0.0180 e. The minimum absolute atomic E-state index is 0.586. The van der Waals surface area contributed by atoms with E-state index >= 15 is 0 Å². The summed E-state index contributed by atoms with van der Waals surface area (Å²) in [5.74, 6) is 1.41. The van der Waals surface area contributed by atoms with Crippen LogP contribution in [0.4, 0.5) is 0 Å². The fourth-order valence-electron chi connectivity index (χ4n) is 2.09. The molecular formula is C10H19NS. The summed E-state index contributed by atoms with van der Waals surface area (Å²) in [6, 6.07) is 0. The molecule has 1 atom stereocenters. The van der Waals surface area contributed by atoms with Gasteiger partial charge < -0.3 is 5.32 Å². The Morgan fingerprint density at radius 3 is 2.83 bits per heavy atom. The summed E-state index contributed by atoms with van der Waals surface area (Å²) < 4.78 is 0. The summed E-state index contributed by atoms with van der Waals surface area (Å²) >= 11 is 2.19. The molecule has 0 amide bonds. The van der Waals surface area contributed by atoms with E-state index in [-0.39, 0.29) is 0 Å². The van der Waals surface area contributed by atoms with Crippen molar-refractivity contribution in [1.82, 2.24) is 5.32 Å². The molecule has 0 aromatic carbocycles. The van der Waals surface area contributed by atoms with E-state index < -0.39 is 0 Å². The van der Waals surface area contributed by atoms with Gasteiger partial charge in [0, 0.05) is 10.8 Å². The van der Waals surface area contributed by atoms with Crippen LogP contribution in [0.2, 0.25) is 0 Å². The van der Waals surface area contributed by atoms with Crippen molar-refractivity contribution in [2.24, 2.45) is 0 Å². The van der Waals surface area contributed by atoms with Gasteiger partial charge in [-0.2, -0.15) is 11.8 Å². The van der Waals surface area contributed by atoms with Gasteiger partial charge in [0.2, 0.25) is 0 Å². The molecular weight excluding hydrogens is 166 g/mol. The minimum Gasteiger partial charge on any atom is -0.314 e. The summed E-state index contributed by atoms with van der Waals surface area (Å²) in [6.45, 7) is 0. The van der Waals surface area contributed by atoms with Crippen LogP contribution in [0.15, 0.2) is 0 Å². The topological polar surface area (TPSA) is 12.0 Å². The van der Waals surface area contributed by atoms with Crippen LogP contribution in [0.3, 0.4) is 0 Å². The van der Waals surface area contributed by atoms with Crippen LogP contribution >= 0.6 is 11.8 Å². The first-order valence-corrected chi connectivity index (χ1v) is 6.20. The van der Waals surface area contributed by atoms with Crippen molar-refractivity contribution in [3.8, 4) is 0 Å². The molecule has 0 bridgehead atoms. The molecule has 1 saturated heterocycles. The molecule has 0 spiro atoms. The lowest BCUT2D eigenvalue weighted by molar-refractivity contribution is 0.482. The van der Waals surface area contributed by atoms with Crippen molar-refractivity contribution in [3.63, 3.8) is 0 Å². The summed E-state index contributed by atoms with van der Waals surface area (Å²) in [6.07, 6.45) is 8.64. The molecule has 1 N–H and O–H groups in total. The van der Waals surface area contributed by atoms with E-state index in [1.807, 2.05) is 0 Å². The Hall–Kier alpha value is 0.310. The predicted octanol–water partition coefficient (Wildman–Crippen LogP) is 2.41. The predicted molar refractivity (Wildman–Crippen MR) is 55.7 cm³/mol. The van der Waals surface area contributed by atoms with Crippen molar-refractivity contribution in [3.05, 3.63) is 0 Å². The zero-order valence-corrected chi connectivity index (χ0v) is 8.75. The lowest BCUT2D eigenvalue weighted by atomic mass is 10.1. The van der Waals surface area contributed by atoms with E-state index in [2.05, 4.69) is 24.1 Å². The monoisotopic (exact) mass is 185 g/mol. The van der Waals surface area contributed by atoms with Gasteiger partial charge in [-0.05, 0) is 51.3 Å². The molecule has 0 aromatic heterocycles. The van der Waals surface area contributed by atoms with Gasteiger partial charge in [-0.25, -0.2) is 0 Å². The molecule has 2 aliphatic rings. The average molecular weight is 185 g/mol. The fraction of sp³-hybridized carbons (Fsp3) is 1.00. The summed E-state index contributed by atoms with van der Waals surface area (Å²) in [5.41, 5.74) is 0.586. The largest absolute Gasteiger partial charge is 0.314 e. The fourth-order valence-corrected chi connectivity index (χ4v) is 3.37. The van der Waals surface area contributed by atoms with E-state index in [0.717, 1.165) is 5.25 Å². The molecule has 0 radical (unpaired) electrons. The van der Waals surface area contributed by atoms with Crippen molar-refractivity contribution < 1.29 is 0 Å². The first-order valence-electron chi connectivity index (χ1n) is 5.15. The van der Waals surface area contributed by atoms with E-state index in [0.29, 0.717) is 5.54 Å². The summed E-state index contributed by atoms with van der Waals surface area (Å²) in [4.78, 5) is 0. The van der Waals surface area contributed by atoms with Gasteiger partial charge in [0.05, 0.1) is 0 Å². The van der Waals surface area contributed by atoms with Crippen molar-refractivity contribution in [2.75, 3.05) is 12.8 Å². The second-order valence-corrected chi connectivity index (χ2v) is 5.61. The standard InChI is InChI=1S/C10H19NS/c1-11-10(6-7-10)5-4-9-3-2-8-12-9/h9,11H,2-8H2,1H3. The van der Waals surface area contributed by atoms with Gasteiger partial charge in [-0.1, -0.05) is 0 Å². The molecule has 12 heavy (non-hydrogen) atoms. The molecule has 2 heteroatoms. The van der Waals surface area contributed by atoms with Crippen LogP contribution < -0.4 is 5.32 Å². The Kier molecular flexibility index (Phi) is 2.66. The quantitative estimate of drug-likeness (QED) is 0.722. The molecule has 2 rings (SSSR count). The maximum atomic E-state index is 3.47. The zero-order valence-electron chi connectivity index (χ0n) is 7.94. The number of nitrogens with one attached hydrogen (secondary N) is 1. The molecule has 70 valence electrons. The SMILES string of the molecule is CNC1(CCC2CCCS2)CC1. The second kappa shape index (κ2) is 3.59. The van der Waals surface area contributed by atoms with E-state index in [1.54, 1.807) is 0 Å². The van der Waals surface area contributed by atoms with Gasteiger partial charge in [0.15, 0.2) is 0 Å². The highest BCUT2D eigenvalue weighted by Gasteiger charge is 2.40. The average Bonchev–Trinajstić information content (AvgIpc) is 2.70. The van der Waals surface area contributed by atoms with Gasteiger partial charge in [0.25, 0.3) is 0 Å². The normalized spacial score (nSPS) is 32.2. The third-order valence-corrected chi connectivity index (χ3v) is 4.82. The number of rotatable bonds is 4. The number of hydrogen-bond donors (Lipinski definition) is 1. The second-order valence-electron chi connectivity index (χ2n) is 4.20. The Morgan fingerprint density at radius 2 is 2.33 bits per heavy atom. The number of hydrogen-bond acceptors (Lipinski definition) is 2. The van der Waals surface area contributed by atoms with Crippen molar-refractivity contribution in [2.45, 2.75) is 49.3 Å². The first kappa shape index (κ1) is 8.89. The first-order chi connectivity index (χ1) is 5.85. The summed E-state index contributed by atoms with van der Waals surface area (Å²) in [5, 5.41) is 4.46. The Labute approximate surface area is 79.7 Å². The minimum atomic E-state index is 0.586. The van der Waals surface area contributed by atoms with Crippen LogP contribution in [0.25, 0.3) is 0 Å². The van der Waals surface area contributed by atoms with Gasteiger partial charge in [-0.15, -0.1) is 0 Å². The van der Waals surface area contributed by atoms with Crippen LogP contribution in [0.5, 0.6) is 0 Å². The molecule has 2 fully saturated rings. The van der Waals surface area contributed by atoms with Gasteiger partial charge in [-0.3, -0.25) is 0 Å². The highest BCUT2D eigenvalue weighted by molar-refractivity contribution is 8.00. The molecule has 1 nitrogen and oxygen atoms in total. The molecule has 1 aliphatic carbocycles. The molecule has 0 aromatic rings. The van der Waals surface area contributed by atoms with Gasteiger partial charge in [0.1, 0.15) is 0 Å². The Morgan fingerprint density at radius 1 is 1.50 bits per heavy atom. The van der Waals surface area contributed by atoms with E-state index in [9.17, 15) is 0 Å². The maximum Gasteiger partial charge on any atom is 0.0180 e. The van der Waals surface area contributed by atoms with Crippen LogP contribution in [0, 0.1) is 0 Å². The Bertz CT molecular complexity index is 148. The van der Waals surface area contributed by atoms with Crippen LogP contribution in [-0.4, -0.2) is 23.6 Å². The highest BCUT2D eigenvalue weighted by atomic mass is 32.2. The lowest BCUT2D eigenvalue weighted by Gasteiger charge is -2.16. The maximum absolute atomic E-state index is 3.47. The van der Waals surface area contributed by atoms with Crippen molar-refractivity contribution in [1.29, 1.82) is 0 Å². The molecule has 1 saturated carbocycles. The van der Waals surface area contributed by atoms with Gasteiger partial charge >= 0.3 is 0 Å². The van der Waals surface area contributed by atoms with Crippen LogP contribution in [-0.2, 0) is 0 Å². The third-order valence-electron chi connectivity index (χ3n) is 3.35. The van der Waals surface area contributed by atoms with Crippen LogP contribution in [0.1, 0.15) is 38.5 Å². The third kappa shape index (κ3) is 1.97. The van der Waals surface area contributed by atoms with E-state index in [4.69, 9.17) is 0 Å². The Balaban J connectivity index is 1.67. The molecule has 1 aliphatic heterocycles. The zero-order chi connectivity index (χ0) is 8.44.